The number of aryl methyl sites for hydroxylation is 1. The van der Waals surface area contributed by atoms with E-state index in [1.165, 1.54) is 18.7 Å². The van der Waals surface area contributed by atoms with Crippen LogP contribution in [0.25, 0.3) is 0 Å². The summed E-state index contributed by atoms with van der Waals surface area (Å²) in [5.74, 6) is 1.86. The maximum Gasteiger partial charge on any atom is 0.230 e. The molecule has 1 aliphatic rings. The van der Waals surface area contributed by atoms with Crippen LogP contribution < -0.4 is 5.32 Å². The van der Waals surface area contributed by atoms with Gasteiger partial charge in [0.25, 0.3) is 0 Å². The summed E-state index contributed by atoms with van der Waals surface area (Å²) in [4.78, 5) is 33.2. The number of amides is 1. The molecule has 1 saturated carbocycles. The van der Waals surface area contributed by atoms with Crippen LogP contribution in [0.15, 0.2) is 27.8 Å². The van der Waals surface area contributed by atoms with Crippen LogP contribution in [0.5, 0.6) is 0 Å². The van der Waals surface area contributed by atoms with Crippen LogP contribution >= 0.6 is 11.8 Å². The van der Waals surface area contributed by atoms with E-state index in [0.717, 1.165) is 18.7 Å². The zero-order chi connectivity index (χ0) is 18.0. The van der Waals surface area contributed by atoms with Crippen molar-refractivity contribution in [2.24, 2.45) is 0 Å². The van der Waals surface area contributed by atoms with Crippen molar-refractivity contribution in [3.8, 4) is 0 Å². The second kappa shape index (κ2) is 7.39. The zero-order valence-electron chi connectivity index (χ0n) is 14.5. The maximum absolute atomic E-state index is 12.2. The molecule has 0 bridgehead atoms. The van der Waals surface area contributed by atoms with E-state index >= 15 is 0 Å². The molecule has 0 aliphatic heterocycles. The SMILES string of the molecule is CC(=O)c1c(C)nc(C2CC2)nc1SCC(=O)NC(C)c1ccco1. The molecule has 0 radical (unpaired) electrons. The quantitative estimate of drug-likeness (QED) is 0.463. The Bertz CT molecular complexity index is 785. The third kappa shape index (κ3) is 4.28. The molecule has 2 heterocycles. The van der Waals surface area contributed by atoms with Crippen LogP contribution in [0.3, 0.4) is 0 Å². The number of nitrogens with zero attached hydrogens (tertiary/aromatic N) is 2. The van der Waals surface area contributed by atoms with Crippen LogP contribution in [0.1, 0.15) is 66.3 Å². The molecule has 3 rings (SSSR count). The number of ketones is 1. The summed E-state index contributed by atoms with van der Waals surface area (Å²) in [6.07, 6.45) is 3.75. The molecular weight excluding hydrogens is 338 g/mol. The number of Topliss-reactive ketones (excluding diaryl/α,β-unsaturated/α-hetero) is 1. The van der Waals surface area contributed by atoms with Crippen molar-refractivity contribution in [2.45, 2.75) is 50.6 Å². The summed E-state index contributed by atoms with van der Waals surface area (Å²) in [6.45, 7) is 5.20. The van der Waals surface area contributed by atoms with Gasteiger partial charge in [0.05, 0.1) is 29.3 Å². The Balaban J connectivity index is 1.69. The zero-order valence-corrected chi connectivity index (χ0v) is 15.4. The standard InChI is InChI=1S/C18H21N3O3S/c1-10(14-5-4-8-24-14)19-15(23)9-25-18-16(12(3)22)11(2)20-17(21-18)13-6-7-13/h4-5,8,10,13H,6-7,9H2,1-3H3,(H,19,23). The third-order valence-corrected chi connectivity index (χ3v) is 5.03. The van der Waals surface area contributed by atoms with Gasteiger partial charge >= 0.3 is 0 Å². The summed E-state index contributed by atoms with van der Waals surface area (Å²) < 4.78 is 5.29. The smallest absolute Gasteiger partial charge is 0.230 e. The number of carbonyl (C=O) groups excluding carboxylic acids is 2. The van der Waals surface area contributed by atoms with Crippen molar-refractivity contribution in [1.82, 2.24) is 15.3 Å². The molecule has 25 heavy (non-hydrogen) atoms. The fourth-order valence-corrected chi connectivity index (χ4v) is 3.57. The lowest BCUT2D eigenvalue weighted by Gasteiger charge is -2.13. The topological polar surface area (TPSA) is 85.1 Å². The molecule has 1 aliphatic carbocycles. The van der Waals surface area contributed by atoms with Gasteiger partial charge in [-0.25, -0.2) is 9.97 Å². The summed E-state index contributed by atoms with van der Waals surface area (Å²) >= 11 is 1.28. The Morgan fingerprint density at radius 3 is 2.76 bits per heavy atom. The number of aromatic nitrogens is 2. The van der Waals surface area contributed by atoms with Gasteiger partial charge in [-0.15, -0.1) is 0 Å². The number of carbonyl (C=O) groups is 2. The van der Waals surface area contributed by atoms with Crippen molar-refractivity contribution < 1.29 is 14.0 Å². The van der Waals surface area contributed by atoms with E-state index in [0.29, 0.717) is 28.0 Å². The Morgan fingerprint density at radius 2 is 2.16 bits per heavy atom. The van der Waals surface area contributed by atoms with Crippen molar-refractivity contribution in [3.63, 3.8) is 0 Å². The number of furan rings is 1. The maximum atomic E-state index is 12.2. The minimum absolute atomic E-state index is 0.0771. The lowest BCUT2D eigenvalue weighted by Crippen LogP contribution is -2.28. The normalized spacial score (nSPS) is 15.0. The lowest BCUT2D eigenvalue weighted by molar-refractivity contribution is -0.119. The first-order valence-electron chi connectivity index (χ1n) is 8.30. The van der Waals surface area contributed by atoms with E-state index in [2.05, 4.69) is 15.3 Å². The van der Waals surface area contributed by atoms with E-state index in [1.54, 1.807) is 12.3 Å². The number of nitrogens with one attached hydrogen (secondary N) is 1. The van der Waals surface area contributed by atoms with Gasteiger partial charge in [-0.3, -0.25) is 9.59 Å². The van der Waals surface area contributed by atoms with Gasteiger partial charge < -0.3 is 9.73 Å². The van der Waals surface area contributed by atoms with Gasteiger partial charge in [0.2, 0.25) is 5.91 Å². The molecule has 0 aromatic carbocycles. The van der Waals surface area contributed by atoms with Crippen LogP contribution in [0.4, 0.5) is 0 Å². The molecule has 132 valence electrons. The molecule has 0 spiro atoms. The monoisotopic (exact) mass is 359 g/mol. The number of hydrogen-bond acceptors (Lipinski definition) is 6. The molecule has 1 atom stereocenters. The average molecular weight is 359 g/mol. The van der Waals surface area contributed by atoms with Crippen LogP contribution in [0.2, 0.25) is 0 Å². The first-order chi connectivity index (χ1) is 12.0. The number of thioether (sulfide) groups is 1. The second-order valence-corrected chi connectivity index (χ2v) is 7.24. The molecule has 0 saturated heterocycles. The summed E-state index contributed by atoms with van der Waals surface area (Å²) in [7, 11) is 0. The fourth-order valence-electron chi connectivity index (χ4n) is 2.63. The van der Waals surface area contributed by atoms with Gasteiger partial charge in [-0.1, -0.05) is 11.8 Å². The van der Waals surface area contributed by atoms with Gasteiger partial charge in [0.1, 0.15) is 16.6 Å². The minimum Gasteiger partial charge on any atom is -0.467 e. The highest BCUT2D eigenvalue weighted by atomic mass is 32.2. The van der Waals surface area contributed by atoms with Crippen LogP contribution in [-0.4, -0.2) is 27.4 Å². The number of rotatable bonds is 7. The van der Waals surface area contributed by atoms with E-state index in [9.17, 15) is 9.59 Å². The van der Waals surface area contributed by atoms with E-state index in [-0.39, 0.29) is 23.5 Å². The molecule has 7 heteroatoms. The molecule has 1 fully saturated rings. The Labute approximate surface area is 150 Å². The first kappa shape index (κ1) is 17.7. The molecule has 1 N–H and O–H groups in total. The fraction of sp³-hybridized carbons (Fsp3) is 0.444. The Morgan fingerprint density at radius 1 is 1.40 bits per heavy atom. The largest absolute Gasteiger partial charge is 0.467 e. The minimum atomic E-state index is -0.204. The molecule has 2 aromatic rings. The van der Waals surface area contributed by atoms with Gasteiger partial charge in [0.15, 0.2) is 5.78 Å². The average Bonchev–Trinajstić information content (AvgIpc) is 3.26. The number of hydrogen-bond donors (Lipinski definition) is 1. The summed E-state index contributed by atoms with van der Waals surface area (Å²) in [6, 6.07) is 3.40. The molecule has 1 unspecified atom stereocenters. The van der Waals surface area contributed by atoms with Crippen molar-refractivity contribution in [2.75, 3.05) is 5.75 Å². The van der Waals surface area contributed by atoms with Crippen molar-refractivity contribution in [3.05, 3.63) is 41.2 Å². The molecule has 2 aromatic heterocycles. The van der Waals surface area contributed by atoms with Gasteiger partial charge in [-0.05, 0) is 45.7 Å². The van der Waals surface area contributed by atoms with Crippen LogP contribution in [0, 0.1) is 6.92 Å². The predicted molar refractivity (Wildman–Crippen MR) is 94.7 cm³/mol. The summed E-state index contributed by atoms with van der Waals surface area (Å²) in [5, 5.41) is 3.48. The second-order valence-electron chi connectivity index (χ2n) is 6.27. The first-order valence-corrected chi connectivity index (χ1v) is 9.29. The van der Waals surface area contributed by atoms with Gasteiger partial charge in [0, 0.05) is 5.92 Å². The van der Waals surface area contributed by atoms with Crippen LogP contribution in [-0.2, 0) is 4.79 Å². The van der Waals surface area contributed by atoms with Crippen molar-refractivity contribution in [1.29, 1.82) is 0 Å². The Kier molecular flexibility index (Phi) is 5.22. The Hall–Kier alpha value is -2.15. The van der Waals surface area contributed by atoms with E-state index < -0.39 is 0 Å². The van der Waals surface area contributed by atoms with E-state index in [1.807, 2.05) is 19.9 Å². The highest BCUT2D eigenvalue weighted by Gasteiger charge is 2.29. The predicted octanol–water partition coefficient (Wildman–Crippen LogP) is 3.43. The highest BCUT2D eigenvalue weighted by molar-refractivity contribution is 8.00. The molecular formula is C18H21N3O3S. The highest BCUT2D eigenvalue weighted by Crippen LogP contribution is 2.39. The van der Waals surface area contributed by atoms with Gasteiger partial charge in [-0.2, -0.15) is 0 Å². The lowest BCUT2D eigenvalue weighted by atomic mass is 10.2. The van der Waals surface area contributed by atoms with Crippen molar-refractivity contribution >= 4 is 23.5 Å². The van der Waals surface area contributed by atoms with E-state index in [4.69, 9.17) is 4.42 Å². The molecule has 6 nitrogen and oxygen atoms in total. The molecule has 1 amide bonds. The third-order valence-electron chi connectivity index (χ3n) is 4.06. The summed E-state index contributed by atoms with van der Waals surface area (Å²) in [5.41, 5.74) is 1.21.